The van der Waals surface area contributed by atoms with E-state index in [0.29, 0.717) is 34.4 Å². The molecule has 1 aliphatic heterocycles. The summed E-state index contributed by atoms with van der Waals surface area (Å²) < 4.78 is 22.9. The molecule has 4 rings (SSSR count). The largest absolute Gasteiger partial charge is 0.497 e. The molecule has 32 heavy (non-hydrogen) atoms. The zero-order chi connectivity index (χ0) is 22.5. The second-order valence-electron chi connectivity index (χ2n) is 7.25. The monoisotopic (exact) mass is 474 g/mol. The lowest BCUT2D eigenvalue weighted by molar-refractivity contribution is -0.116. The molecular formula is C23H26N2O5S2. The molecule has 0 bridgehead atoms. The van der Waals surface area contributed by atoms with Crippen molar-refractivity contribution < 1.29 is 23.7 Å². The van der Waals surface area contributed by atoms with Crippen molar-refractivity contribution in [3.8, 4) is 17.2 Å². The number of anilines is 1. The number of thioether (sulfide) groups is 1. The van der Waals surface area contributed by atoms with Crippen LogP contribution in [-0.4, -0.2) is 57.2 Å². The molecule has 1 fully saturated rings. The van der Waals surface area contributed by atoms with E-state index in [1.165, 1.54) is 23.1 Å². The van der Waals surface area contributed by atoms with Crippen molar-refractivity contribution in [2.75, 3.05) is 45.1 Å². The lowest BCUT2D eigenvalue weighted by Gasteiger charge is -2.23. The molecule has 2 heterocycles. The van der Waals surface area contributed by atoms with Gasteiger partial charge >= 0.3 is 0 Å². The fourth-order valence-electron chi connectivity index (χ4n) is 3.56. The maximum absolute atomic E-state index is 13.3. The molecule has 0 saturated carbocycles. The first kappa shape index (κ1) is 22.7. The Balaban J connectivity index is 1.60. The second-order valence-corrected chi connectivity index (χ2v) is 9.27. The number of hydrogen-bond acceptors (Lipinski definition) is 8. The minimum atomic E-state index is -0.0155. The van der Waals surface area contributed by atoms with Gasteiger partial charge in [-0.25, -0.2) is 4.98 Å². The average molecular weight is 475 g/mol. The zero-order valence-corrected chi connectivity index (χ0v) is 20.0. The molecule has 3 aromatic rings. The van der Waals surface area contributed by atoms with E-state index in [1.54, 1.807) is 26.2 Å². The maximum Gasteiger partial charge on any atom is 0.239 e. The first-order valence-electron chi connectivity index (χ1n) is 10.3. The molecule has 1 aliphatic rings. The van der Waals surface area contributed by atoms with Gasteiger partial charge in [0.25, 0.3) is 0 Å². The fourth-order valence-corrected chi connectivity index (χ4v) is 5.44. The van der Waals surface area contributed by atoms with Gasteiger partial charge in [0.2, 0.25) is 5.91 Å². The average Bonchev–Trinajstić information content (AvgIpc) is 3.50. The van der Waals surface area contributed by atoms with E-state index < -0.39 is 0 Å². The summed E-state index contributed by atoms with van der Waals surface area (Å²) in [5, 5.41) is 0.624. The third kappa shape index (κ3) is 4.95. The van der Waals surface area contributed by atoms with Crippen LogP contribution >= 0.6 is 23.1 Å². The summed E-state index contributed by atoms with van der Waals surface area (Å²) in [5.74, 6) is 2.43. The molecule has 0 spiro atoms. The van der Waals surface area contributed by atoms with Gasteiger partial charge in [-0.3, -0.25) is 9.69 Å². The van der Waals surface area contributed by atoms with E-state index in [0.717, 1.165) is 34.8 Å². The normalized spacial score (nSPS) is 15.7. The maximum atomic E-state index is 13.3. The van der Waals surface area contributed by atoms with Crippen molar-refractivity contribution in [3.63, 3.8) is 0 Å². The van der Waals surface area contributed by atoms with E-state index in [2.05, 4.69) is 0 Å². The van der Waals surface area contributed by atoms with Crippen LogP contribution in [-0.2, 0) is 9.53 Å². The highest BCUT2D eigenvalue weighted by molar-refractivity contribution is 8.00. The number of nitrogens with zero attached hydrogens (tertiary/aromatic N) is 2. The number of rotatable bonds is 9. The van der Waals surface area contributed by atoms with E-state index in [-0.39, 0.29) is 12.0 Å². The number of ether oxygens (including phenoxy) is 4. The summed E-state index contributed by atoms with van der Waals surface area (Å²) in [5.41, 5.74) is 0.694. The second kappa shape index (κ2) is 10.4. The van der Waals surface area contributed by atoms with Crippen LogP contribution in [0.2, 0.25) is 0 Å². The Kier molecular flexibility index (Phi) is 7.39. The van der Waals surface area contributed by atoms with Crippen LogP contribution in [0.4, 0.5) is 5.13 Å². The van der Waals surface area contributed by atoms with E-state index in [4.69, 9.17) is 23.9 Å². The number of thiazole rings is 1. The predicted octanol–water partition coefficient (Wildman–Crippen LogP) is 4.63. The Hall–Kier alpha value is -2.49. The minimum Gasteiger partial charge on any atom is -0.497 e. The third-order valence-electron chi connectivity index (χ3n) is 5.26. The molecule has 1 saturated heterocycles. The van der Waals surface area contributed by atoms with E-state index >= 15 is 0 Å². The van der Waals surface area contributed by atoms with Crippen molar-refractivity contribution in [1.29, 1.82) is 0 Å². The molecular weight excluding hydrogens is 448 g/mol. The van der Waals surface area contributed by atoms with Crippen molar-refractivity contribution in [2.24, 2.45) is 0 Å². The standard InChI is InChI=1S/C23H26N2O5S2/c1-27-15-6-8-17(9-7-15)31-14-20(26)25(13-16-5-4-12-30-16)23-24-21-18(28-2)10-11-19(29-3)22(21)32-23/h6-11,16H,4-5,12-14H2,1-3H3. The Morgan fingerprint density at radius 3 is 2.53 bits per heavy atom. The van der Waals surface area contributed by atoms with Crippen LogP contribution in [0.5, 0.6) is 17.2 Å². The molecule has 1 unspecified atom stereocenters. The SMILES string of the molecule is COc1ccc(SCC(=O)N(CC2CCCO2)c2nc3c(OC)ccc(OC)c3s2)cc1. The summed E-state index contributed by atoms with van der Waals surface area (Å²) in [6.07, 6.45) is 1.96. The molecule has 0 N–H and O–H groups in total. The number of fused-ring (bicyclic) bond motifs is 1. The smallest absolute Gasteiger partial charge is 0.239 e. The van der Waals surface area contributed by atoms with Crippen LogP contribution in [0.15, 0.2) is 41.3 Å². The number of aromatic nitrogens is 1. The van der Waals surface area contributed by atoms with Crippen LogP contribution in [0.25, 0.3) is 10.2 Å². The molecule has 7 nitrogen and oxygen atoms in total. The van der Waals surface area contributed by atoms with Crippen molar-refractivity contribution in [1.82, 2.24) is 4.98 Å². The van der Waals surface area contributed by atoms with Crippen LogP contribution in [0.1, 0.15) is 12.8 Å². The van der Waals surface area contributed by atoms with Gasteiger partial charge in [0.05, 0.1) is 39.7 Å². The van der Waals surface area contributed by atoms with Crippen LogP contribution in [0, 0.1) is 0 Å². The number of carbonyl (C=O) groups is 1. The zero-order valence-electron chi connectivity index (χ0n) is 18.3. The number of methoxy groups -OCH3 is 3. The predicted molar refractivity (Wildman–Crippen MR) is 128 cm³/mol. The summed E-state index contributed by atoms with van der Waals surface area (Å²) >= 11 is 2.92. The Bertz CT molecular complexity index is 1020. The van der Waals surface area contributed by atoms with Gasteiger partial charge in [0, 0.05) is 11.5 Å². The first-order valence-corrected chi connectivity index (χ1v) is 12.1. The van der Waals surface area contributed by atoms with Crippen molar-refractivity contribution >= 4 is 44.4 Å². The minimum absolute atomic E-state index is 0.0146. The number of amides is 1. The Morgan fingerprint density at radius 1 is 1.12 bits per heavy atom. The quantitative estimate of drug-likeness (QED) is 0.419. The molecule has 1 amide bonds. The summed E-state index contributed by atoms with van der Waals surface area (Å²) in [6, 6.07) is 11.4. The van der Waals surface area contributed by atoms with Crippen molar-refractivity contribution in [2.45, 2.75) is 23.8 Å². The first-order chi connectivity index (χ1) is 15.6. The molecule has 170 valence electrons. The topological polar surface area (TPSA) is 70.1 Å². The van der Waals surface area contributed by atoms with Gasteiger partial charge in [0.1, 0.15) is 27.5 Å². The number of carbonyl (C=O) groups excluding carboxylic acids is 1. The lowest BCUT2D eigenvalue weighted by Crippen LogP contribution is -2.38. The summed E-state index contributed by atoms with van der Waals surface area (Å²) in [7, 11) is 4.87. The van der Waals surface area contributed by atoms with Gasteiger partial charge in [-0.05, 0) is 49.2 Å². The van der Waals surface area contributed by atoms with Crippen molar-refractivity contribution in [3.05, 3.63) is 36.4 Å². The van der Waals surface area contributed by atoms with Gasteiger partial charge in [-0.15, -0.1) is 11.8 Å². The molecule has 1 aromatic heterocycles. The highest BCUT2D eigenvalue weighted by atomic mass is 32.2. The molecule has 0 radical (unpaired) electrons. The fraction of sp³-hybridized carbons (Fsp3) is 0.391. The molecule has 2 aromatic carbocycles. The van der Waals surface area contributed by atoms with Gasteiger partial charge < -0.3 is 18.9 Å². The van der Waals surface area contributed by atoms with Gasteiger partial charge in [-0.2, -0.15) is 0 Å². The Labute approximate surface area is 195 Å². The number of hydrogen-bond donors (Lipinski definition) is 0. The highest BCUT2D eigenvalue weighted by Gasteiger charge is 2.27. The molecule has 0 aliphatic carbocycles. The Morgan fingerprint density at radius 2 is 1.88 bits per heavy atom. The summed E-state index contributed by atoms with van der Waals surface area (Å²) in [4.78, 5) is 20.9. The van der Waals surface area contributed by atoms with Gasteiger partial charge in [-0.1, -0.05) is 11.3 Å². The van der Waals surface area contributed by atoms with E-state index in [1.807, 2.05) is 36.4 Å². The highest BCUT2D eigenvalue weighted by Crippen LogP contribution is 2.40. The number of benzene rings is 2. The lowest BCUT2D eigenvalue weighted by atomic mass is 10.2. The van der Waals surface area contributed by atoms with Crippen LogP contribution in [0.3, 0.4) is 0 Å². The van der Waals surface area contributed by atoms with E-state index in [9.17, 15) is 4.79 Å². The molecule has 9 heteroatoms. The van der Waals surface area contributed by atoms with Gasteiger partial charge in [0.15, 0.2) is 5.13 Å². The van der Waals surface area contributed by atoms with Crippen LogP contribution < -0.4 is 19.1 Å². The molecule has 1 atom stereocenters. The summed E-state index contributed by atoms with van der Waals surface area (Å²) in [6.45, 7) is 1.21. The third-order valence-corrected chi connectivity index (χ3v) is 7.35.